The molecule has 1 heterocycles. The molecule has 1 saturated heterocycles. The molecule has 0 spiro atoms. The second-order valence-corrected chi connectivity index (χ2v) is 6.14. The van der Waals surface area contributed by atoms with Crippen LogP contribution in [0.3, 0.4) is 0 Å². The Morgan fingerprint density at radius 1 is 1.27 bits per heavy atom. The van der Waals surface area contributed by atoms with Crippen LogP contribution in [0.1, 0.15) is 31.2 Å². The number of ether oxygens (including phenoxy) is 1. The van der Waals surface area contributed by atoms with E-state index in [1.54, 1.807) is 4.90 Å². The zero-order chi connectivity index (χ0) is 15.6. The summed E-state index contributed by atoms with van der Waals surface area (Å²) in [5.41, 5.74) is 0.666. The lowest BCUT2D eigenvalue weighted by molar-refractivity contribution is -0.153. The number of hydrogen-bond acceptors (Lipinski definition) is 3. The van der Waals surface area contributed by atoms with E-state index in [1.807, 2.05) is 30.3 Å². The Morgan fingerprint density at radius 3 is 2.59 bits per heavy atom. The highest BCUT2D eigenvalue weighted by Gasteiger charge is 2.48. The standard InChI is InChI=1S/C17H21NO4/c19-15(20)11-14-12-18(9-10-22-14)16(21)17(7-4-8-17)13-5-2-1-3-6-13/h1-3,5-6,14H,4,7-12H2,(H,19,20)/t14-/m0/s1. The van der Waals surface area contributed by atoms with Crippen molar-refractivity contribution in [3.05, 3.63) is 35.9 Å². The van der Waals surface area contributed by atoms with E-state index in [1.165, 1.54) is 0 Å². The van der Waals surface area contributed by atoms with Crippen LogP contribution in [-0.4, -0.2) is 47.7 Å². The monoisotopic (exact) mass is 303 g/mol. The molecule has 1 amide bonds. The summed E-state index contributed by atoms with van der Waals surface area (Å²) in [5, 5.41) is 8.90. The molecule has 2 fully saturated rings. The van der Waals surface area contributed by atoms with Gasteiger partial charge in [0.1, 0.15) is 0 Å². The summed E-state index contributed by atoms with van der Waals surface area (Å²) in [5.74, 6) is -0.760. The number of carbonyl (C=O) groups is 2. The minimum Gasteiger partial charge on any atom is -0.481 e. The molecule has 1 aromatic carbocycles. The number of amides is 1. The van der Waals surface area contributed by atoms with Crippen LogP contribution < -0.4 is 0 Å². The van der Waals surface area contributed by atoms with E-state index in [2.05, 4.69) is 0 Å². The van der Waals surface area contributed by atoms with E-state index in [4.69, 9.17) is 9.84 Å². The number of nitrogens with zero attached hydrogens (tertiary/aromatic N) is 1. The predicted molar refractivity (Wildman–Crippen MR) is 80.5 cm³/mol. The number of hydrogen-bond donors (Lipinski definition) is 1. The fraction of sp³-hybridized carbons (Fsp3) is 0.529. The zero-order valence-electron chi connectivity index (χ0n) is 12.5. The van der Waals surface area contributed by atoms with Gasteiger partial charge >= 0.3 is 5.97 Å². The summed E-state index contributed by atoms with van der Waals surface area (Å²) in [4.78, 5) is 25.7. The van der Waals surface area contributed by atoms with Crippen LogP contribution >= 0.6 is 0 Å². The number of aliphatic carboxylic acids is 1. The van der Waals surface area contributed by atoms with Crippen LogP contribution in [0.15, 0.2) is 30.3 Å². The highest BCUT2D eigenvalue weighted by Crippen LogP contribution is 2.45. The van der Waals surface area contributed by atoms with E-state index in [0.29, 0.717) is 19.7 Å². The van der Waals surface area contributed by atoms with Crippen molar-refractivity contribution >= 4 is 11.9 Å². The molecule has 0 radical (unpaired) electrons. The van der Waals surface area contributed by atoms with Gasteiger partial charge in [0.25, 0.3) is 0 Å². The maximum absolute atomic E-state index is 13.1. The van der Waals surface area contributed by atoms with Gasteiger partial charge in [0.05, 0.1) is 24.5 Å². The van der Waals surface area contributed by atoms with Crippen LogP contribution in [0, 0.1) is 0 Å². The Bertz CT molecular complexity index is 553. The summed E-state index contributed by atoms with van der Waals surface area (Å²) in [6.07, 6.45) is 2.35. The molecule has 1 aliphatic heterocycles. The molecule has 1 N–H and O–H groups in total. The van der Waals surface area contributed by atoms with E-state index in [-0.39, 0.29) is 12.3 Å². The molecule has 5 nitrogen and oxygen atoms in total. The van der Waals surface area contributed by atoms with Crippen molar-refractivity contribution in [2.24, 2.45) is 0 Å². The number of carbonyl (C=O) groups excluding carboxylic acids is 1. The molecule has 22 heavy (non-hydrogen) atoms. The molecule has 0 bridgehead atoms. The third-order valence-electron chi connectivity index (χ3n) is 4.77. The number of carboxylic acid groups (broad SMARTS) is 1. The molecule has 1 saturated carbocycles. The Morgan fingerprint density at radius 2 is 2.00 bits per heavy atom. The smallest absolute Gasteiger partial charge is 0.306 e. The molecule has 1 aromatic rings. The maximum atomic E-state index is 13.1. The van der Waals surface area contributed by atoms with Gasteiger partial charge < -0.3 is 14.7 Å². The van der Waals surface area contributed by atoms with Crippen molar-refractivity contribution in [2.45, 2.75) is 37.2 Å². The third kappa shape index (κ3) is 2.73. The van der Waals surface area contributed by atoms with Crippen molar-refractivity contribution in [2.75, 3.05) is 19.7 Å². The van der Waals surface area contributed by atoms with E-state index in [9.17, 15) is 9.59 Å². The van der Waals surface area contributed by atoms with Gasteiger partial charge in [0.15, 0.2) is 0 Å². The first-order valence-electron chi connectivity index (χ1n) is 7.80. The Balaban J connectivity index is 1.76. The van der Waals surface area contributed by atoms with Crippen molar-refractivity contribution in [1.29, 1.82) is 0 Å². The molecule has 1 atom stereocenters. The zero-order valence-corrected chi connectivity index (χ0v) is 12.5. The number of morpholine rings is 1. The van der Waals surface area contributed by atoms with Gasteiger partial charge in [0.2, 0.25) is 5.91 Å². The molecular formula is C17H21NO4. The van der Waals surface area contributed by atoms with Gasteiger partial charge in [-0.05, 0) is 18.4 Å². The van der Waals surface area contributed by atoms with Gasteiger partial charge in [-0.3, -0.25) is 9.59 Å². The summed E-state index contributed by atoms with van der Waals surface area (Å²) in [7, 11) is 0. The molecule has 1 aliphatic carbocycles. The van der Waals surface area contributed by atoms with E-state index in [0.717, 1.165) is 24.8 Å². The molecule has 0 aromatic heterocycles. The van der Waals surface area contributed by atoms with Crippen LogP contribution in [0.4, 0.5) is 0 Å². The number of carboxylic acids is 1. The molecule has 2 aliphatic rings. The van der Waals surface area contributed by atoms with Gasteiger partial charge in [-0.2, -0.15) is 0 Å². The average Bonchev–Trinajstić information content (AvgIpc) is 2.47. The topological polar surface area (TPSA) is 66.8 Å². The van der Waals surface area contributed by atoms with Gasteiger partial charge in [-0.15, -0.1) is 0 Å². The van der Waals surface area contributed by atoms with Crippen molar-refractivity contribution in [1.82, 2.24) is 4.90 Å². The van der Waals surface area contributed by atoms with Gasteiger partial charge in [-0.25, -0.2) is 0 Å². The number of rotatable bonds is 4. The lowest BCUT2D eigenvalue weighted by Gasteiger charge is -2.45. The highest BCUT2D eigenvalue weighted by molar-refractivity contribution is 5.89. The maximum Gasteiger partial charge on any atom is 0.306 e. The quantitative estimate of drug-likeness (QED) is 0.921. The number of benzene rings is 1. The predicted octanol–water partition coefficient (Wildman–Crippen LogP) is 1.81. The Kier molecular flexibility index (Phi) is 4.16. The van der Waals surface area contributed by atoms with Crippen LogP contribution in [0.25, 0.3) is 0 Å². The van der Waals surface area contributed by atoms with Crippen molar-refractivity contribution in [3.8, 4) is 0 Å². The molecule has 3 rings (SSSR count). The molecular weight excluding hydrogens is 282 g/mol. The Labute approximate surface area is 129 Å². The van der Waals surface area contributed by atoms with Crippen LogP contribution in [0.5, 0.6) is 0 Å². The second kappa shape index (κ2) is 6.08. The summed E-state index contributed by atoms with van der Waals surface area (Å²) >= 11 is 0. The first kappa shape index (κ1) is 15.0. The van der Waals surface area contributed by atoms with Crippen molar-refractivity contribution in [3.63, 3.8) is 0 Å². The largest absolute Gasteiger partial charge is 0.481 e. The fourth-order valence-electron chi connectivity index (χ4n) is 3.44. The third-order valence-corrected chi connectivity index (χ3v) is 4.77. The minimum atomic E-state index is -0.888. The van der Waals surface area contributed by atoms with E-state index < -0.39 is 17.5 Å². The van der Waals surface area contributed by atoms with Crippen molar-refractivity contribution < 1.29 is 19.4 Å². The van der Waals surface area contributed by atoms with E-state index >= 15 is 0 Å². The summed E-state index contributed by atoms with van der Waals surface area (Å²) < 4.78 is 5.46. The van der Waals surface area contributed by atoms with Crippen LogP contribution in [-0.2, 0) is 19.7 Å². The van der Waals surface area contributed by atoms with Crippen LogP contribution in [0.2, 0.25) is 0 Å². The molecule has 5 heteroatoms. The molecule has 0 unspecified atom stereocenters. The fourth-order valence-corrected chi connectivity index (χ4v) is 3.44. The van der Waals surface area contributed by atoms with Gasteiger partial charge in [-0.1, -0.05) is 36.8 Å². The first-order valence-corrected chi connectivity index (χ1v) is 7.80. The SMILES string of the molecule is O=C(O)C[C@H]1CN(C(=O)C2(c3ccccc3)CCC2)CCO1. The normalized spacial score (nSPS) is 23.6. The lowest BCUT2D eigenvalue weighted by atomic mass is 9.63. The second-order valence-electron chi connectivity index (χ2n) is 6.14. The van der Waals surface area contributed by atoms with Gasteiger partial charge in [0, 0.05) is 13.1 Å². The average molecular weight is 303 g/mol. The minimum absolute atomic E-state index is 0.0535. The highest BCUT2D eigenvalue weighted by atomic mass is 16.5. The summed E-state index contributed by atoms with van der Waals surface area (Å²) in [6, 6.07) is 9.93. The lowest BCUT2D eigenvalue weighted by Crippen LogP contribution is -2.55. The molecule has 118 valence electrons. The summed E-state index contributed by atoms with van der Waals surface area (Å²) in [6.45, 7) is 1.33. The first-order chi connectivity index (χ1) is 10.6. The Hall–Kier alpha value is -1.88.